The summed E-state index contributed by atoms with van der Waals surface area (Å²) in [6, 6.07) is 9.30. The van der Waals surface area contributed by atoms with Crippen LogP contribution >= 0.6 is 0 Å². The first-order valence-corrected chi connectivity index (χ1v) is 7.69. The van der Waals surface area contributed by atoms with Crippen LogP contribution in [0.1, 0.15) is 16.8 Å². The minimum atomic E-state index is 0.562. The van der Waals surface area contributed by atoms with Gasteiger partial charge in [0.2, 0.25) is 0 Å². The number of aromatic nitrogens is 3. The maximum Gasteiger partial charge on any atom is 0.0725 e. The molecule has 1 aliphatic rings. The Bertz CT molecular complexity index is 553. The summed E-state index contributed by atoms with van der Waals surface area (Å²) in [5, 5.41) is 15.0. The van der Waals surface area contributed by atoms with Gasteiger partial charge in [0.05, 0.1) is 18.4 Å². The minimum Gasteiger partial charge on any atom is -0.319 e. The van der Waals surface area contributed by atoms with E-state index in [4.69, 9.17) is 0 Å². The number of benzene rings is 1. The fourth-order valence-electron chi connectivity index (χ4n) is 2.99. The monoisotopic (exact) mass is 285 g/mol. The van der Waals surface area contributed by atoms with Crippen molar-refractivity contribution in [2.45, 2.75) is 31.8 Å². The van der Waals surface area contributed by atoms with E-state index in [1.54, 1.807) is 0 Å². The molecule has 0 aliphatic heterocycles. The number of hydrogen-bond donors (Lipinski definition) is 2. The molecular weight excluding hydrogens is 262 g/mol. The van der Waals surface area contributed by atoms with Gasteiger partial charge in [-0.25, -0.2) is 4.68 Å². The van der Waals surface area contributed by atoms with Gasteiger partial charge in [-0.2, -0.15) is 0 Å². The van der Waals surface area contributed by atoms with E-state index < -0.39 is 0 Å². The Morgan fingerprint density at radius 2 is 1.95 bits per heavy atom. The lowest BCUT2D eigenvalue weighted by molar-refractivity contribution is 0.471. The van der Waals surface area contributed by atoms with E-state index in [-0.39, 0.29) is 0 Å². The molecule has 0 amide bonds. The van der Waals surface area contributed by atoms with Crippen LogP contribution in [0.25, 0.3) is 0 Å². The summed E-state index contributed by atoms with van der Waals surface area (Å²) in [6.45, 7) is 2.78. The number of likely N-dealkylation sites (N-methyl/N-ethyl adjacent to an activating group) is 1. The Labute approximate surface area is 125 Å². The third-order valence-corrected chi connectivity index (χ3v) is 4.14. The lowest BCUT2D eigenvalue weighted by Crippen LogP contribution is -2.33. The van der Waals surface area contributed by atoms with E-state index in [0.717, 1.165) is 38.9 Å². The molecular formula is C16H23N5. The van der Waals surface area contributed by atoms with Gasteiger partial charge in [0.15, 0.2) is 0 Å². The first kappa shape index (κ1) is 14.2. The normalized spacial score (nSPS) is 14.5. The van der Waals surface area contributed by atoms with E-state index in [9.17, 15) is 0 Å². The quantitative estimate of drug-likeness (QED) is 0.790. The molecule has 5 nitrogen and oxygen atoms in total. The van der Waals surface area contributed by atoms with Crippen LogP contribution in [-0.2, 0) is 25.8 Å². The fourth-order valence-corrected chi connectivity index (χ4v) is 2.99. The van der Waals surface area contributed by atoms with Crippen molar-refractivity contribution < 1.29 is 0 Å². The van der Waals surface area contributed by atoms with Crippen molar-refractivity contribution in [2.24, 2.45) is 0 Å². The van der Waals surface area contributed by atoms with Crippen LogP contribution in [0.2, 0.25) is 0 Å². The van der Waals surface area contributed by atoms with Crippen molar-refractivity contribution in [3.63, 3.8) is 0 Å². The third-order valence-electron chi connectivity index (χ3n) is 4.14. The topological polar surface area (TPSA) is 54.8 Å². The third kappa shape index (κ3) is 3.49. The zero-order valence-electron chi connectivity index (χ0n) is 12.5. The van der Waals surface area contributed by atoms with Crippen molar-refractivity contribution in [3.05, 3.63) is 47.3 Å². The summed E-state index contributed by atoms with van der Waals surface area (Å²) >= 11 is 0. The minimum absolute atomic E-state index is 0.562. The van der Waals surface area contributed by atoms with Crippen LogP contribution in [0.3, 0.4) is 0 Å². The zero-order chi connectivity index (χ0) is 14.5. The summed E-state index contributed by atoms with van der Waals surface area (Å²) in [4.78, 5) is 0. The molecule has 5 heteroatoms. The lowest BCUT2D eigenvalue weighted by Gasteiger charge is -2.12. The second kappa shape index (κ2) is 6.83. The second-order valence-electron chi connectivity index (χ2n) is 5.63. The highest BCUT2D eigenvalue weighted by Gasteiger charge is 2.19. The molecule has 0 fully saturated rings. The highest BCUT2D eigenvalue weighted by Crippen LogP contribution is 2.21. The SMILES string of the molecule is CNCCc1cnnn1CCNC1Cc2ccccc2C1. The van der Waals surface area contributed by atoms with Gasteiger partial charge in [-0.05, 0) is 31.0 Å². The molecule has 0 saturated heterocycles. The lowest BCUT2D eigenvalue weighted by atomic mass is 10.1. The van der Waals surface area contributed by atoms with Crippen LogP contribution in [0.5, 0.6) is 0 Å². The second-order valence-corrected chi connectivity index (χ2v) is 5.63. The fraction of sp³-hybridized carbons (Fsp3) is 0.500. The summed E-state index contributed by atoms with van der Waals surface area (Å²) in [5.41, 5.74) is 4.18. The summed E-state index contributed by atoms with van der Waals surface area (Å²) in [6.07, 6.45) is 5.11. The number of nitrogens with zero attached hydrogens (tertiary/aromatic N) is 3. The predicted molar refractivity (Wildman–Crippen MR) is 83.3 cm³/mol. The molecule has 1 aromatic carbocycles. The van der Waals surface area contributed by atoms with Crippen molar-refractivity contribution >= 4 is 0 Å². The maximum atomic E-state index is 4.17. The summed E-state index contributed by atoms with van der Waals surface area (Å²) in [5.74, 6) is 0. The highest BCUT2D eigenvalue weighted by molar-refractivity contribution is 5.33. The largest absolute Gasteiger partial charge is 0.319 e. The Morgan fingerprint density at radius 3 is 2.67 bits per heavy atom. The molecule has 3 rings (SSSR count). The average Bonchev–Trinajstić information content (AvgIpc) is 3.11. The van der Waals surface area contributed by atoms with Gasteiger partial charge in [-0.1, -0.05) is 29.5 Å². The van der Waals surface area contributed by atoms with Gasteiger partial charge < -0.3 is 10.6 Å². The Kier molecular flexibility index (Phi) is 4.62. The van der Waals surface area contributed by atoms with E-state index >= 15 is 0 Å². The number of hydrogen-bond acceptors (Lipinski definition) is 4. The van der Waals surface area contributed by atoms with E-state index in [1.165, 1.54) is 16.8 Å². The first-order chi connectivity index (χ1) is 10.4. The van der Waals surface area contributed by atoms with Gasteiger partial charge >= 0.3 is 0 Å². The van der Waals surface area contributed by atoms with E-state index in [0.29, 0.717) is 6.04 Å². The molecule has 112 valence electrons. The molecule has 1 aliphatic carbocycles. The maximum absolute atomic E-state index is 4.17. The average molecular weight is 285 g/mol. The molecule has 1 aromatic heterocycles. The molecule has 2 aromatic rings. The Morgan fingerprint density at radius 1 is 1.19 bits per heavy atom. The number of fused-ring (bicyclic) bond motifs is 1. The van der Waals surface area contributed by atoms with Gasteiger partial charge in [0.25, 0.3) is 0 Å². The molecule has 1 heterocycles. The molecule has 0 bridgehead atoms. The Balaban J connectivity index is 1.46. The highest BCUT2D eigenvalue weighted by atomic mass is 15.4. The molecule has 2 N–H and O–H groups in total. The number of rotatable bonds is 7. The van der Waals surface area contributed by atoms with Crippen molar-refractivity contribution in [3.8, 4) is 0 Å². The summed E-state index contributed by atoms with van der Waals surface area (Å²) < 4.78 is 2.01. The predicted octanol–water partition coefficient (Wildman–Crippen LogP) is 0.797. The first-order valence-electron chi connectivity index (χ1n) is 7.69. The number of nitrogens with one attached hydrogen (secondary N) is 2. The van der Waals surface area contributed by atoms with Gasteiger partial charge in [-0.3, -0.25) is 0 Å². The molecule has 0 saturated carbocycles. The van der Waals surface area contributed by atoms with Crippen molar-refractivity contribution in [1.82, 2.24) is 25.6 Å². The molecule has 0 unspecified atom stereocenters. The van der Waals surface area contributed by atoms with E-state index in [2.05, 4.69) is 45.2 Å². The smallest absolute Gasteiger partial charge is 0.0725 e. The Hall–Kier alpha value is -1.72. The van der Waals surface area contributed by atoms with Crippen molar-refractivity contribution in [2.75, 3.05) is 20.1 Å². The van der Waals surface area contributed by atoms with Crippen LogP contribution in [0, 0.1) is 0 Å². The van der Waals surface area contributed by atoms with Crippen LogP contribution in [0.4, 0.5) is 0 Å². The molecule has 0 atom stereocenters. The van der Waals surface area contributed by atoms with Gasteiger partial charge in [-0.15, -0.1) is 5.10 Å². The van der Waals surface area contributed by atoms with Crippen molar-refractivity contribution in [1.29, 1.82) is 0 Å². The molecule has 0 radical (unpaired) electrons. The van der Waals surface area contributed by atoms with Crippen LogP contribution in [0.15, 0.2) is 30.5 Å². The zero-order valence-corrected chi connectivity index (χ0v) is 12.5. The van der Waals surface area contributed by atoms with Gasteiger partial charge in [0, 0.05) is 25.6 Å². The van der Waals surface area contributed by atoms with E-state index in [1.807, 2.05) is 17.9 Å². The van der Waals surface area contributed by atoms with Gasteiger partial charge in [0.1, 0.15) is 0 Å². The summed E-state index contributed by atoms with van der Waals surface area (Å²) in [7, 11) is 1.97. The standard InChI is InChI=1S/C16H23N5/c1-17-7-6-16-12-19-20-21(16)9-8-18-15-10-13-4-2-3-5-14(13)11-15/h2-5,12,15,17-18H,6-11H2,1H3. The van der Waals surface area contributed by atoms with Crippen LogP contribution < -0.4 is 10.6 Å². The molecule has 21 heavy (non-hydrogen) atoms. The molecule has 0 spiro atoms. The van der Waals surface area contributed by atoms with Crippen LogP contribution in [-0.4, -0.2) is 41.2 Å².